The molecule has 2 aromatic heterocycles. The third-order valence-corrected chi connectivity index (χ3v) is 3.73. The molecule has 1 N–H and O–H groups in total. The maximum absolute atomic E-state index is 12.4. The number of rotatable bonds is 4. The van der Waals surface area contributed by atoms with Crippen LogP contribution in [-0.4, -0.2) is 17.4 Å². The highest BCUT2D eigenvalue weighted by molar-refractivity contribution is 5.95. The number of ether oxygens (including phenoxy) is 1. The molecule has 0 bridgehead atoms. The summed E-state index contributed by atoms with van der Waals surface area (Å²) in [5.74, 6) is 0.730. The maximum atomic E-state index is 12.4. The Kier molecular flexibility index (Phi) is 3.83. The van der Waals surface area contributed by atoms with Crippen LogP contribution in [0.1, 0.15) is 28.9 Å². The number of nitrogens with one attached hydrogen (secondary N) is 1. The van der Waals surface area contributed by atoms with Crippen molar-refractivity contribution in [3.8, 4) is 5.75 Å². The Morgan fingerprint density at radius 1 is 1.18 bits per heavy atom. The van der Waals surface area contributed by atoms with E-state index in [9.17, 15) is 4.79 Å². The molecule has 1 amide bonds. The lowest BCUT2D eigenvalue weighted by Gasteiger charge is -2.14. The second-order valence-electron chi connectivity index (χ2n) is 5.23. The molecule has 4 nitrogen and oxygen atoms in total. The van der Waals surface area contributed by atoms with Gasteiger partial charge in [-0.05, 0) is 42.8 Å². The first kappa shape index (κ1) is 14.2. The van der Waals surface area contributed by atoms with Gasteiger partial charge in [-0.3, -0.25) is 4.79 Å². The van der Waals surface area contributed by atoms with Crippen LogP contribution >= 0.6 is 0 Å². The predicted octanol–water partition coefficient (Wildman–Crippen LogP) is 3.44. The molecule has 4 heteroatoms. The quantitative estimate of drug-likeness (QED) is 0.801. The molecule has 112 valence electrons. The van der Waals surface area contributed by atoms with Gasteiger partial charge in [-0.25, -0.2) is 0 Å². The number of fused-ring (bicyclic) bond motifs is 1. The number of hydrogen-bond acceptors (Lipinski definition) is 2. The number of carbonyl (C=O) groups excluding carboxylic acids is 1. The molecule has 22 heavy (non-hydrogen) atoms. The van der Waals surface area contributed by atoms with Gasteiger partial charge in [-0.15, -0.1) is 0 Å². The summed E-state index contributed by atoms with van der Waals surface area (Å²) in [6.07, 6.45) is 3.77. The van der Waals surface area contributed by atoms with Crippen molar-refractivity contribution in [1.82, 2.24) is 9.72 Å². The zero-order valence-electron chi connectivity index (χ0n) is 12.6. The number of amides is 1. The highest BCUT2D eigenvalue weighted by Crippen LogP contribution is 2.18. The highest BCUT2D eigenvalue weighted by Gasteiger charge is 2.13. The first-order valence-corrected chi connectivity index (χ1v) is 7.19. The molecule has 3 rings (SSSR count). The van der Waals surface area contributed by atoms with Crippen LogP contribution in [0.15, 0.2) is 60.9 Å². The van der Waals surface area contributed by atoms with Crippen LogP contribution in [0.25, 0.3) is 5.52 Å². The smallest absolute Gasteiger partial charge is 0.253 e. The molecule has 3 aromatic rings. The van der Waals surface area contributed by atoms with Gasteiger partial charge in [0.25, 0.3) is 5.91 Å². The normalized spacial score (nSPS) is 12.1. The van der Waals surface area contributed by atoms with Crippen molar-refractivity contribution >= 4 is 11.4 Å². The second-order valence-corrected chi connectivity index (χ2v) is 5.23. The van der Waals surface area contributed by atoms with Gasteiger partial charge in [0.05, 0.1) is 18.7 Å². The third-order valence-electron chi connectivity index (χ3n) is 3.73. The van der Waals surface area contributed by atoms with Gasteiger partial charge >= 0.3 is 0 Å². The number of pyridine rings is 1. The van der Waals surface area contributed by atoms with Crippen LogP contribution in [0.2, 0.25) is 0 Å². The predicted molar refractivity (Wildman–Crippen MR) is 86.3 cm³/mol. The van der Waals surface area contributed by atoms with Gasteiger partial charge in [0, 0.05) is 17.9 Å². The molecule has 0 aliphatic heterocycles. The first-order chi connectivity index (χ1) is 10.7. The number of benzene rings is 1. The Bertz CT molecular complexity index is 757. The van der Waals surface area contributed by atoms with Gasteiger partial charge in [0.1, 0.15) is 5.75 Å². The largest absolute Gasteiger partial charge is 0.497 e. The summed E-state index contributed by atoms with van der Waals surface area (Å²) in [4.78, 5) is 12.4. The molecule has 0 spiro atoms. The zero-order valence-corrected chi connectivity index (χ0v) is 12.6. The van der Waals surface area contributed by atoms with Crippen molar-refractivity contribution in [1.29, 1.82) is 0 Å². The topological polar surface area (TPSA) is 42.7 Å². The van der Waals surface area contributed by atoms with Crippen molar-refractivity contribution in [2.75, 3.05) is 7.11 Å². The Hall–Kier alpha value is -2.75. The van der Waals surface area contributed by atoms with Crippen molar-refractivity contribution in [2.45, 2.75) is 13.0 Å². The molecule has 1 unspecified atom stereocenters. The molecule has 0 saturated carbocycles. The van der Waals surface area contributed by atoms with Crippen LogP contribution < -0.4 is 10.1 Å². The lowest BCUT2D eigenvalue weighted by Crippen LogP contribution is -2.26. The fourth-order valence-electron chi connectivity index (χ4n) is 2.44. The first-order valence-electron chi connectivity index (χ1n) is 7.19. The number of hydrogen-bond donors (Lipinski definition) is 1. The minimum atomic E-state index is -0.0768. The van der Waals surface area contributed by atoms with E-state index in [2.05, 4.69) is 5.32 Å². The summed E-state index contributed by atoms with van der Waals surface area (Å²) >= 11 is 0. The van der Waals surface area contributed by atoms with Crippen LogP contribution in [0.4, 0.5) is 0 Å². The van der Waals surface area contributed by atoms with E-state index in [0.29, 0.717) is 5.56 Å². The Balaban J connectivity index is 1.74. The number of aromatic nitrogens is 1. The lowest BCUT2D eigenvalue weighted by atomic mass is 10.1. The van der Waals surface area contributed by atoms with Crippen LogP contribution in [0, 0.1) is 0 Å². The molecule has 1 atom stereocenters. The van der Waals surface area contributed by atoms with Crippen molar-refractivity contribution in [3.63, 3.8) is 0 Å². The van der Waals surface area contributed by atoms with E-state index in [-0.39, 0.29) is 11.9 Å². The monoisotopic (exact) mass is 294 g/mol. The van der Waals surface area contributed by atoms with E-state index in [1.54, 1.807) is 7.11 Å². The average Bonchev–Trinajstić information content (AvgIpc) is 2.99. The fraction of sp³-hybridized carbons (Fsp3) is 0.167. The van der Waals surface area contributed by atoms with Crippen molar-refractivity contribution < 1.29 is 9.53 Å². The summed E-state index contributed by atoms with van der Waals surface area (Å²) in [6, 6.07) is 15.4. The molecule has 2 heterocycles. The maximum Gasteiger partial charge on any atom is 0.253 e. The number of methoxy groups -OCH3 is 1. The Morgan fingerprint density at radius 3 is 2.64 bits per heavy atom. The SMILES string of the molecule is COc1ccc(C(C)NC(=O)c2cc3ccccn3c2)cc1. The van der Waals surface area contributed by atoms with E-state index < -0.39 is 0 Å². The van der Waals surface area contributed by atoms with Crippen LogP contribution in [0.5, 0.6) is 5.75 Å². The van der Waals surface area contributed by atoms with Gasteiger partial charge in [0.2, 0.25) is 0 Å². The van der Waals surface area contributed by atoms with E-state index in [1.807, 2.05) is 72.2 Å². The Morgan fingerprint density at radius 2 is 1.95 bits per heavy atom. The van der Waals surface area contributed by atoms with Crippen molar-refractivity contribution in [3.05, 3.63) is 72.1 Å². The average molecular weight is 294 g/mol. The molecule has 0 aliphatic carbocycles. The van der Waals surface area contributed by atoms with E-state index in [1.165, 1.54) is 0 Å². The summed E-state index contributed by atoms with van der Waals surface area (Å²) in [7, 11) is 1.64. The van der Waals surface area contributed by atoms with Crippen LogP contribution in [0.3, 0.4) is 0 Å². The highest BCUT2D eigenvalue weighted by atomic mass is 16.5. The minimum Gasteiger partial charge on any atom is -0.497 e. The molecule has 0 aliphatic rings. The van der Waals surface area contributed by atoms with E-state index >= 15 is 0 Å². The molecule has 0 fully saturated rings. The molecular formula is C18H18N2O2. The Labute approximate surface area is 129 Å². The molecule has 0 radical (unpaired) electrons. The molecule has 1 aromatic carbocycles. The minimum absolute atomic E-state index is 0.0681. The van der Waals surface area contributed by atoms with Crippen molar-refractivity contribution in [2.24, 2.45) is 0 Å². The zero-order chi connectivity index (χ0) is 15.5. The van der Waals surface area contributed by atoms with E-state index in [4.69, 9.17) is 4.74 Å². The summed E-state index contributed by atoms with van der Waals surface area (Å²) in [5, 5.41) is 3.02. The summed E-state index contributed by atoms with van der Waals surface area (Å²) < 4.78 is 7.08. The molecular weight excluding hydrogens is 276 g/mol. The lowest BCUT2D eigenvalue weighted by molar-refractivity contribution is 0.0940. The van der Waals surface area contributed by atoms with Crippen LogP contribution in [-0.2, 0) is 0 Å². The summed E-state index contributed by atoms with van der Waals surface area (Å²) in [5.41, 5.74) is 2.70. The van der Waals surface area contributed by atoms with Gasteiger partial charge in [0.15, 0.2) is 0 Å². The summed E-state index contributed by atoms with van der Waals surface area (Å²) in [6.45, 7) is 1.97. The number of carbonyl (C=O) groups is 1. The van der Waals surface area contributed by atoms with Gasteiger partial charge < -0.3 is 14.5 Å². The van der Waals surface area contributed by atoms with E-state index in [0.717, 1.165) is 16.8 Å². The third kappa shape index (κ3) is 2.81. The van der Waals surface area contributed by atoms with Gasteiger partial charge in [-0.2, -0.15) is 0 Å². The standard InChI is InChI=1S/C18H18N2O2/c1-13(14-6-8-17(22-2)9-7-14)19-18(21)15-11-16-5-3-4-10-20(16)12-15/h3-13H,1-2H3,(H,19,21). The molecule has 0 saturated heterocycles. The van der Waals surface area contributed by atoms with Gasteiger partial charge in [-0.1, -0.05) is 18.2 Å². The second kappa shape index (κ2) is 5.93. The number of nitrogens with zero attached hydrogens (tertiary/aromatic N) is 1. The fourth-order valence-corrected chi connectivity index (χ4v) is 2.44.